The maximum atomic E-state index is 6.19. The van der Waals surface area contributed by atoms with Gasteiger partial charge in [-0.15, -0.1) is 0 Å². The zero-order valence-electron chi connectivity index (χ0n) is 12.9. The van der Waals surface area contributed by atoms with Crippen LogP contribution in [-0.2, 0) is 17.2 Å². The molecule has 0 aromatic rings. The minimum Gasteiger partial charge on any atom is -0.354 e. The normalized spacial score (nSPS) is 14.9. The van der Waals surface area contributed by atoms with Gasteiger partial charge in [0.15, 0.2) is 0 Å². The molecule has 0 rings (SSSR count). The summed E-state index contributed by atoms with van der Waals surface area (Å²) in [6.45, 7) is 0. The quantitative estimate of drug-likeness (QED) is 0.606. The van der Waals surface area contributed by atoms with Crippen molar-refractivity contribution in [3.05, 3.63) is 0 Å². The molecule has 112 valence electrons. The highest BCUT2D eigenvalue weighted by molar-refractivity contribution is 8.24. The second-order valence-electron chi connectivity index (χ2n) is 4.10. The smallest absolute Gasteiger partial charge is 0.354 e. The summed E-state index contributed by atoms with van der Waals surface area (Å²) >= 11 is 0. The second kappa shape index (κ2) is 7.17. The largest absolute Gasteiger partial charge is 0.691 e. The summed E-state index contributed by atoms with van der Waals surface area (Å²) in [5.41, 5.74) is 0. The fourth-order valence-corrected chi connectivity index (χ4v) is 7.85. The monoisotopic (exact) mass is 301 g/mol. The molecule has 0 saturated carbocycles. The molecule has 0 aliphatic rings. The number of hydrogen-bond donors (Lipinski definition) is 0. The highest BCUT2D eigenvalue weighted by atomic mass is 32.3. The van der Waals surface area contributed by atoms with E-state index in [0.29, 0.717) is 0 Å². The van der Waals surface area contributed by atoms with Crippen molar-refractivity contribution in [3.63, 3.8) is 0 Å². The first-order chi connectivity index (χ1) is 8.22. The number of nitrogens with zero attached hydrogens (tertiary/aromatic N) is 3. The van der Waals surface area contributed by atoms with Crippen molar-refractivity contribution in [2.45, 2.75) is 0 Å². The average Bonchev–Trinajstić information content (AvgIpc) is 2.30. The summed E-state index contributed by atoms with van der Waals surface area (Å²) in [6, 6.07) is 0. The van der Waals surface area contributed by atoms with Gasteiger partial charge in [-0.1, -0.05) is 0 Å². The Kier molecular flexibility index (Phi) is 7.29. The van der Waals surface area contributed by atoms with Gasteiger partial charge in [-0.3, -0.25) is 3.87 Å². The van der Waals surface area contributed by atoms with Gasteiger partial charge in [0, 0.05) is 32.2 Å². The van der Waals surface area contributed by atoms with Crippen LogP contribution in [0.5, 0.6) is 0 Å². The highest BCUT2D eigenvalue weighted by Gasteiger charge is 2.52. The van der Waals surface area contributed by atoms with Crippen LogP contribution in [0.3, 0.4) is 0 Å². The van der Waals surface area contributed by atoms with Gasteiger partial charge >= 0.3 is 9.05 Å². The van der Waals surface area contributed by atoms with Crippen LogP contribution in [0.4, 0.5) is 0 Å². The number of rotatable bonds is 8. The molecule has 18 heavy (non-hydrogen) atoms. The molecule has 7 nitrogen and oxygen atoms in total. The van der Waals surface area contributed by atoms with Crippen LogP contribution in [0.25, 0.3) is 0 Å². The van der Waals surface area contributed by atoms with Gasteiger partial charge in [-0.05, 0) is 42.3 Å². The van der Waals surface area contributed by atoms with Gasteiger partial charge in [0.1, 0.15) is 0 Å². The summed E-state index contributed by atoms with van der Waals surface area (Å²) < 4.78 is 28.3. The van der Waals surface area contributed by atoms with Crippen molar-refractivity contribution in [2.24, 2.45) is 0 Å². The van der Waals surface area contributed by atoms with Gasteiger partial charge in [-0.25, -0.2) is 12.9 Å². The average molecular weight is 301 g/mol. The van der Waals surface area contributed by atoms with E-state index in [0.717, 1.165) is 0 Å². The molecule has 9 heteroatoms. The van der Waals surface area contributed by atoms with Crippen LogP contribution in [0, 0.1) is 0 Å². The molecule has 0 aliphatic carbocycles. The molecule has 0 fully saturated rings. The first kappa shape index (κ1) is 18.3. The van der Waals surface area contributed by atoms with Crippen LogP contribution < -0.4 is 0 Å². The minimum atomic E-state index is -3.13. The van der Waals surface area contributed by atoms with E-state index in [2.05, 4.69) is 0 Å². The van der Waals surface area contributed by atoms with Crippen molar-refractivity contribution in [1.29, 1.82) is 0 Å². The van der Waals surface area contributed by atoms with Gasteiger partial charge < -0.3 is 13.3 Å². The first-order valence-corrected chi connectivity index (χ1v) is 8.50. The Balaban J connectivity index is 5.47. The van der Waals surface area contributed by atoms with Crippen LogP contribution in [0.2, 0.25) is 0 Å². The van der Waals surface area contributed by atoms with Gasteiger partial charge in [0.2, 0.25) is 0 Å². The fraction of sp³-hybridized carbons (Fsp3) is 1.00. The first-order valence-electron chi connectivity index (χ1n) is 5.44. The maximum Gasteiger partial charge on any atom is 0.691 e. The van der Waals surface area contributed by atoms with Crippen LogP contribution in [-0.4, -0.2) is 85.6 Å². The lowest BCUT2D eigenvalue weighted by Crippen LogP contribution is -2.54. The van der Waals surface area contributed by atoms with Crippen LogP contribution in [0.15, 0.2) is 0 Å². The highest BCUT2D eigenvalue weighted by Crippen LogP contribution is 2.56. The van der Waals surface area contributed by atoms with Crippen LogP contribution >= 0.6 is 10.9 Å². The van der Waals surface area contributed by atoms with E-state index in [1.54, 1.807) is 0 Å². The third kappa shape index (κ3) is 3.44. The molecule has 0 amide bonds. The van der Waals surface area contributed by atoms with E-state index >= 15 is 0 Å². The second-order valence-corrected chi connectivity index (χ2v) is 10.1. The molecule has 0 bridgehead atoms. The van der Waals surface area contributed by atoms with E-state index in [1.165, 1.54) is 21.3 Å². The van der Waals surface area contributed by atoms with E-state index in [-0.39, 0.29) is 0 Å². The Labute approximate surface area is 114 Å². The van der Waals surface area contributed by atoms with Gasteiger partial charge in [0.25, 0.3) is 0 Å². The minimum absolute atomic E-state index is 1.53. The Hall–Kier alpha value is 0.287. The van der Waals surface area contributed by atoms with E-state index in [4.69, 9.17) is 17.2 Å². The molecular weight excluding hydrogens is 274 g/mol. The summed E-state index contributed by atoms with van der Waals surface area (Å²) in [5, 5.41) is 0. The standard InChI is InChI=1S/C9H27N3O4SSi/c1-10(2)17(11(3)4,12(5)6)16-18(13-7,14-8)15-9/h1-9H3. The third-order valence-electron chi connectivity index (χ3n) is 2.39. The van der Waals surface area contributed by atoms with Crippen molar-refractivity contribution >= 4 is 19.9 Å². The molecule has 0 aromatic heterocycles. The Bertz CT molecular complexity index is 222. The summed E-state index contributed by atoms with van der Waals surface area (Å²) in [7, 11) is 11.3. The molecule has 0 unspecified atom stereocenters. The van der Waals surface area contributed by atoms with Crippen molar-refractivity contribution in [2.75, 3.05) is 63.6 Å². The summed E-state index contributed by atoms with van der Waals surface area (Å²) in [6.07, 6.45) is 0. The molecule has 0 aliphatic heterocycles. The fourth-order valence-electron chi connectivity index (χ4n) is 1.69. The Morgan fingerprint density at radius 3 is 1.11 bits per heavy atom. The van der Waals surface area contributed by atoms with Crippen molar-refractivity contribution in [3.8, 4) is 0 Å². The molecule has 0 aromatic carbocycles. The Morgan fingerprint density at radius 1 is 0.667 bits per heavy atom. The van der Waals surface area contributed by atoms with Gasteiger partial charge in [0.05, 0.1) is 0 Å². The molecule has 0 saturated heterocycles. The van der Waals surface area contributed by atoms with Crippen LogP contribution in [0.1, 0.15) is 0 Å². The topological polar surface area (TPSA) is 46.6 Å². The summed E-state index contributed by atoms with van der Waals surface area (Å²) in [4.78, 5) is 0. The Morgan fingerprint density at radius 2 is 0.944 bits per heavy atom. The third-order valence-corrected chi connectivity index (χ3v) is 8.46. The SMILES string of the molecule is CO[Si](OC)(OC)OS(N(C)C)(N(C)C)N(C)C. The predicted molar refractivity (Wildman–Crippen MR) is 76.5 cm³/mol. The molecule has 0 heterocycles. The molecule has 0 spiro atoms. The summed E-state index contributed by atoms with van der Waals surface area (Å²) in [5.74, 6) is 0. The maximum absolute atomic E-state index is 6.19. The predicted octanol–water partition coefficient (Wildman–Crippen LogP) is 0.527. The van der Waals surface area contributed by atoms with E-state index in [9.17, 15) is 0 Å². The van der Waals surface area contributed by atoms with Gasteiger partial charge in [-0.2, -0.15) is 0 Å². The molecule has 0 N–H and O–H groups in total. The lowest BCUT2D eigenvalue weighted by molar-refractivity contribution is 0.0492. The lowest BCUT2D eigenvalue weighted by atomic mass is 11.2. The molecular formula is C9H27N3O4SSi. The van der Waals surface area contributed by atoms with Crippen molar-refractivity contribution < 1.29 is 17.2 Å². The zero-order valence-corrected chi connectivity index (χ0v) is 14.7. The van der Waals surface area contributed by atoms with Crippen molar-refractivity contribution in [1.82, 2.24) is 12.9 Å². The van der Waals surface area contributed by atoms with E-state index < -0.39 is 19.9 Å². The lowest BCUT2D eigenvalue weighted by Gasteiger charge is -2.54. The zero-order chi connectivity index (χ0) is 14.6. The molecule has 0 radical (unpaired) electrons. The number of hydrogen-bond acceptors (Lipinski definition) is 7. The van der Waals surface area contributed by atoms with E-state index in [1.807, 2.05) is 55.2 Å². The molecule has 0 atom stereocenters.